The largest absolute Gasteiger partial charge is 0.396 e. The second-order valence-corrected chi connectivity index (χ2v) is 12.4. The molecule has 0 saturated heterocycles. The summed E-state index contributed by atoms with van der Waals surface area (Å²) in [5.41, 5.74) is 2.79. The average Bonchev–Trinajstić information content (AvgIpc) is 3.14. The molecule has 5 heteroatoms. The molecule has 0 unspecified atom stereocenters. The van der Waals surface area contributed by atoms with E-state index in [9.17, 15) is 15.3 Å². The molecule has 0 amide bonds. The van der Waals surface area contributed by atoms with Crippen LogP contribution in [0.3, 0.4) is 0 Å². The van der Waals surface area contributed by atoms with Gasteiger partial charge in [-0.15, -0.1) is 0 Å². The Bertz CT molecular complexity index is 778. The molecule has 3 aliphatic rings. The van der Waals surface area contributed by atoms with Crippen molar-refractivity contribution in [2.45, 2.75) is 116 Å². The second kappa shape index (κ2) is 12.0. The van der Waals surface area contributed by atoms with Gasteiger partial charge in [0.1, 0.15) is 12.2 Å². The molecule has 5 nitrogen and oxygen atoms in total. The van der Waals surface area contributed by atoms with Gasteiger partial charge in [-0.3, -0.25) is 0 Å². The Labute approximate surface area is 213 Å². The zero-order chi connectivity index (χ0) is 25.8. The molecule has 7 atom stereocenters. The highest BCUT2D eigenvalue weighted by Gasteiger charge is 2.50. The highest BCUT2D eigenvalue weighted by molar-refractivity contribution is 5.40. The van der Waals surface area contributed by atoms with Gasteiger partial charge in [0.05, 0.1) is 11.7 Å². The molecule has 35 heavy (non-hydrogen) atoms. The molecular formula is C30H50O5. The van der Waals surface area contributed by atoms with Crippen molar-refractivity contribution in [3.05, 3.63) is 35.5 Å². The minimum absolute atomic E-state index is 0.0269. The van der Waals surface area contributed by atoms with Gasteiger partial charge in [-0.2, -0.15) is 0 Å². The van der Waals surface area contributed by atoms with E-state index in [2.05, 4.69) is 32.6 Å². The van der Waals surface area contributed by atoms with E-state index in [1.165, 1.54) is 37.7 Å². The van der Waals surface area contributed by atoms with Gasteiger partial charge in [-0.25, -0.2) is 0 Å². The number of fused-ring (bicyclic) bond motifs is 1. The number of ether oxygens (including phenoxy) is 1. The van der Waals surface area contributed by atoms with E-state index < -0.39 is 23.9 Å². The third-order valence-electron chi connectivity index (χ3n) is 9.17. The fourth-order valence-electron chi connectivity index (χ4n) is 7.21. The number of allylic oxidation sites excluding steroid dienone is 3. The van der Waals surface area contributed by atoms with Crippen LogP contribution >= 0.6 is 0 Å². The highest BCUT2D eigenvalue weighted by atomic mass is 16.5. The molecule has 3 saturated carbocycles. The van der Waals surface area contributed by atoms with Crippen LogP contribution in [0, 0.1) is 23.2 Å². The minimum atomic E-state index is -0.931. The Balaban J connectivity index is 1.67. The average molecular weight is 491 g/mol. The zero-order valence-electron chi connectivity index (χ0n) is 22.5. The maximum atomic E-state index is 10.7. The van der Waals surface area contributed by atoms with Crippen molar-refractivity contribution in [2.75, 3.05) is 13.2 Å². The molecule has 0 bridgehead atoms. The van der Waals surface area contributed by atoms with Crippen LogP contribution in [0.4, 0.5) is 0 Å². The van der Waals surface area contributed by atoms with E-state index in [-0.39, 0.29) is 6.61 Å². The summed E-state index contributed by atoms with van der Waals surface area (Å²) in [6.07, 6.45) is 12.1. The van der Waals surface area contributed by atoms with Crippen molar-refractivity contribution >= 4 is 0 Å². The van der Waals surface area contributed by atoms with Gasteiger partial charge >= 0.3 is 0 Å². The molecule has 3 rings (SSSR count). The normalized spacial score (nSPS) is 37.1. The topological polar surface area (TPSA) is 90.2 Å². The highest BCUT2D eigenvalue weighted by Crippen LogP contribution is 2.60. The minimum Gasteiger partial charge on any atom is -0.396 e. The van der Waals surface area contributed by atoms with E-state index in [1.807, 2.05) is 13.8 Å². The molecule has 200 valence electrons. The molecule has 3 fully saturated rings. The summed E-state index contributed by atoms with van der Waals surface area (Å²) in [5, 5.41) is 40.4. The van der Waals surface area contributed by atoms with Crippen LogP contribution in [0.25, 0.3) is 0 Å². The Morgan fingerprint density at radius 1 is 1.20 bits per heavy atom. The first kappa shape index (κ1) is 28.6. The third kappa shape index (κ3) is 6.87. The van der Waals surface area contributed by atoms with Crippen molar-refractivity contribution < 1.29 is 25.2 Å². The van der Waals surface area contributed by atoms with Crippen LogP contribution < -0.4 is 0 Å². The predicted molar refractivity (Wildman–Crippen MR) is 141 cm³/mol. The van der Waals surface area contributed by atoms with Gasteiger partial charge in [0.25, 0.3) is 0 Å². The second-order valence-electron chi connectivity index (χ2n) is 12.4. The summed E-state index contributed by atoms with van der Waals surface area (Å²) in [5.74, 6) is 1.98. The summed E-state index contributed by atoms with van der Waals surface area (Å²) in [6, 6.07) is 0. The number of aliphatic hydroxyl groups excluding tert-OH is 3. The summed E-state index contributed by atoms with van der Waals surface area (Å²) >= 11 is 0. The smallest absolute Gasteiger partial charge is 0.114 e. The third-order valence-corrected chi connectivity index (χ3v) is 9.17. The van der Waals surface area contributed by atoms with Crippen molar-refractivity contribution in [1.82, 2.24) is 0 Å². The van der Waals surface area contributed by atoms with Crippen molar-refractivity contribution in [2.24, 2.45) is 23.2 Å². The van der Waals surface area contributed by atoms with Crippen LogP contribution in [0.15, 0.2) is 35.5 Å². The maximum absolute atomic E-state index is 10.7. The van der Waals surface area contributed by atoms with Gasteiger partial charge in [-0.05, 0) is 93.1 Å². The molecule has 0 radical (unpaired) electrons. The van der Waals surface area contributed by atoms with Crippen LogP contribution in [0.2, 0.25) is 0 Å². The first-order valence-electron chi connectivity index (χ1n) is 13.9. The quantitative estimate of drug-likeness (QED) is 0.321. The summed E-state index contributed by atoms with van der Waals surface area (Å²) in [7, 11) is 0. The molecular weight excluding hydrogens is 440 g/mol. The van der Waals surface area contributed by atoms with E-state index in [0.29, 0.717) is 42.3 Å². The first-order chi connectivity index (χ1) is 16.5. The lowest BCUT2D eigenvalue weighted by Gasteiger charge is -2.44. The molecule has 0 aliphatic heterocycles. The van der Waals surface area contributed by atoms with E-state index in [1.54, 1.807) is 0 Å². The van der Waals surface area contributed by atoms with Crippen molar-refractivity contribution in [1.29, 1.82) is 0 Å². The van der Waals surface area contributed by atoms with E-state index in [4.69, 9.17) is 9.84 Å². The lowest BCUT2D eigenvalue weighted by atomic mass is 9.60. The SMILES string of the molecule is C=C1C(=CC=C2CCC[C@]3(C)[C@@H]([C@H](C)CCCC(C)(C)O)CC[C@@H]23)C[C@@H](O)[C@@H](OCCCO)[C@@H]1O. The van der Waals surface area contributed by atoms with Gasteiger partial charge in [0.2, 0.25) is 0 Å². The standard InChI is InChI=1S/C30H50O5/c1-20(9-6-15-29(3,4)34)24-13-14-25-22(10-7-16-30(24,25)5)11-12-23-19-26(32)28(27(33)21(23)2)35-18-8-17-31/h11-12,20,24-28,31-34H,2,6-10,13-19H2,1,3-5H3/t20-,24-,25+,26-,27-,28-,30-/m1/s1. The van der Waals surface area contributed by atoms with Crippen LogP contribution in [-0.2, 0) is 4.74 Å². The van der Waals surface area contributed by atoms with Gasteiger partial charge < -0.3 is 25.2 Å². The number of hydrogen-bond acceptors (Lipinski definition) is 5. The fourth-order valence-corrected chi connectivity index (χ4v) is 7.21. The molecule has 0 heterocycles. The molecule has 3 aliphatic carbocycles. The van der Waals surface area contributed by atoms with Crippen LogP contribution in [-0.4, -0.2) is 57.6 Å². The monoisotopic (exact) mass is 490 g/mol. The van der Waals surface area contributed by atoms with Gasteiger partial charge in [-0.1, -0.05) is 51.0 Å². The molecule has 0 spiro atoms. The van der Waals surface area contributed by atoms with Crippen molar-refractivity contribution in [3.8, 4) is 0 Å². The zero-order valence-corrected chi connectivity index (χ0v) is 22.5. The van der Waals surface area contributed by atoms with E-state index in [0.717, 1.165) is 30.8 Å². The molecule has 0 aromatic rings. The summed E-state index contributed by atoms with van der Waals surface area (Å²) in [6.45, 7) is 13.2. The summed E-state index contributed by atoms with van der Waals surface area (Å²) in [4.78, 5) is 0. The number of rotatable bonds is 10. The Morgan fingerprint density at radius 2 is 1.94 bits per heavy atom. The summed E-state index contributed by atoms with van der Waals surface area (Å²) < 4.78 is 5.63. The fraction of sp³-hybridized carbons (Fsp3) is 0.800. The molecule has 4 N–H and O–H groups in total. The lowest BCUT2D eigenvalue weighted by Crippen LogP contribution is -2.45. The number of aliphatic hydroxyl groups is 4. The van der Waals surface area contributed by atoms with Crippen LogP contribution in [0.5, 0.6) is 0 Å². The Hall–Kier alpha value is -0.980. The van der Waals surface area contributed by atoms with Crippen molar-refractivity contribution in [3.63, 3.8) is 0 Å². The lowest BCUT2D eigenvalue weighted by molar-refractivity contribution is -0.0968. The van der Waals surface area contributed by atoms with E-state index >= 15 is 0 Å². The Morgan fingerprint density at radius 3 is 2.63 bits per heavy atom. The predicted octanol–water partition coefficient (Wildman–Crippen LogP) is 5.08. The van der Waals surface area contributed by atoms with Gasteiger partial charge in [0, 0.05) is 19.6 Å². The first-order valence-corrected chi connectivity index (χ1v) is 13.9. The van der Waals surface area contributed by atoms with Gasteiger partial charge in [0.15, 0.2) is 0 Å². The molecule has 0 aromatic carbocycles. The Kier molecular flexibility index (Phi) is 9.84. The maximum Gasteiger partial charge on any atom is 0.114 e. The number of hydrogen-bond donors (Lipinski definition) is 4. The molecule has 0 aromatic heterocycles. The van der Waals surface area contributed by atoms with Crippen LogP contribution in [0.1, 0.15) is 91.9 Å².